The lowest BCUT2D eigenvalue weighted by Gasteiger charge is -2.01. The fourth-order valence-corrected chi connectivity index (χ4v) is 3.01. The quantitative estimate of drug-likeness (QED) is 0.503. The summed E-state index contributed by atoms with van der Waals surface area (Å²) in [5, 5.41) is 12.0. The molecule has 28 heavy (non-hydrogen) atoms. The first-order valence-corrected chi connectivity index (χ1v) is 9.04. The van der Waals surface area contributed by atoms with Crippen LogP contribution >= 0.6 is 23.2 Å². The number of rotatable bonds is 5. The van der Waals surface area contributed by atoms with E-state index in [1.807, 2.05) is 6.07 Å². The number of carbonyl (C=O) groups is 1. The molecule has 9 heteroatoms. The van der Waals surface area contributed by atoms with Gasteiger partial charge in [-0.05, 0) is 29.8 Å². The third kappa shape index (κ3) is 3.81. The molecule has 3 aromatic heterocycles. The smallest absolute Gasteiger partial charge is 0.279 e. The Morgan fingerprint density at radius 1 is 1.14 bits per heavy atom. The molecule has 0 fully saturated rings. The molecule has 0 unspecified atom stereocenters. The summed E-state index contributed by atoms with van der Waals surface area (Å²) in [4.78, 5) is 12.5. The topological polar surface area (TPSA) is 86.1 Å². The number of nitrogens with one attached hydrogen (secondary N) is 1. The van der Waals surface area contributed by atoms with Crippen LogP contribution in [0.5, 0.6) is 0 Å². The second-order valence-electron chi connectivity index (χ2n) is 6.08. The van der Waals surface area contributed by atoms with E-state index >= 15 is 0 Å². The molecule has 142 valence electrons. The van der Waals surface area contributed by atoms with Gasteiger partial charge in [0, 0.05) is 25.6 Å². The standard InChI is InChI=1S/C19H14Cl2N4O3/c1-25-18(9-12(23-25)7-11-4-5-13(20)14(21)8-11)22-19(26)15-10-17(28-24-15)16-3-2-6-27-16/h2-6,8-10H,7H2,1H3,(H,22,26). The van der Waals surface area contributed by atoms with Crippen LogP contribution in [0.1, 0.15) is 21.7 Å². The van der Waals surface area contributed by atoms with Gasteiger partial charge in [-0.2, -0.15) is 5.10 Å². The summed E-state index contributed by atoms with van der Waals surface area (Å²) in [6.45, 7) is 0. The van der Waals surface area contributed by atoms with Crippen molar-refractivity contribution < 1.29 is 13.7 Å². The normalized spacial score (nSPS) is 11.0. The predicted octanol–water partition coefficient (Wildman–Crippen LogP) is 4.82. The molecule has 0 aliphatic heterocycles. The molecule has 0 spiro atoms. The molecule has 0 saturated heterocycles. The van der Waals surface area contributed by atoms with E-state index in [1.165, 1.54) is 12.3 Å². The highest BCUT2D eigenvalue weighted by Crippen LogP contribution is 2.24. The number of benzene rings is 1. The van der Waals surface area contributed by atoms with Gasteiger partial charge in [0.1, 0.15) is 5.82 Å². The summed E-state index contributed by atoms with van der Waals surface area (Å²) in [6, 6.07) is 12.2. The minimum absolute atomic E-state index is 0.138. The monoisotopic (exact) mass is 416 g/mol. The van der Waals surface area contributed by atoms with Gasteiger partial charge in [-0.3, -0.25) is 9.48 Å². The average molecular weight is 417 g/mol. The predicted molar refractivity (Wildman–Crippen MR) is 105 cm³/mol. The van der Waals surface area contributed by atoms with Gasteiger partial charge in [-0.15, -0.1) is 0 Å². The van der Waals surface area contributed by atoms with Crippen molar-refractivity contribution in [1.82, 2.24) is 14.9 Å². The SMILES string of the molecule is Cn1nc(Cc2ccc(Cl)c(Cl)c2)cc1NC(=O)c1cc(-c2ccco2)on1. The van der Waals surface area contributed by atoms with Crippen LogP contribution in [0.3, 0.4) is 0 Å². The zero-order chi connectivity index (χ0) is 19.7. The number of aromatic nitrogens is 3. The Morgan fingerprint density at radius 3 is 2.75 bits per heavy atom. The maximum Gasteiger partial charge on any atom is 0.279 e. The maximum atomic E-state index is 12.5. The van der Waals surface area contributed by atoms with Crippen molar-refractivity contribution in [3.05, 3.63) is 75.7 Å². The highest BCUT2D eigenvalue weighted by Gasteiger charge is 2.17. The number of carbonyl (C=O) groups excluding carboxylic acids is 1. The third-order valence-corrected chi connectivity index (χ3v) is 4.79. The van der Waals surface area contributed by atoms with Gasteiger partial charge >= 0.3 is 0 Å². The van der Waals surface area contributed by atoms with Crippen LogP contribution in [0.2, 0.25) is 10.0 Å². The van der Waals surface area contributed by atoms with Crippen molar-refractivity contribution in [2.75, 3.05) is 5.32 Å². The van der Waals surface area contributed by atoms with Crippen LogP contribution < -0.4 is 5.32 Å². The lowest BCUT2D eigenvalue weighted by molar-refractivity contribution is 0.101. The van der Waals surface area contributed by atoms with Crippen LogP contribution in [0, 0.1) is 0 Å². The number of aryl methyl sites for hydroxylation is 1. The Morgan fingerprint density at radius 2 is 2.00 bits per heavy atom. The van der Waals surface area contributed by atoms with Gasteiger partial charge < -0.3 is 14.3 Å². The fraction of sp³-hybridized carbons (Fsp3) is 0.105. The first-order chi connectivity index (χ1) is 13.5. The largest absolute Gasteiger partial charge is 0.461 e. The first-order valence-electron chi connectivity index (χ1n) is 8.28. The Bertz CT molecular complexity index is 1130. The lowest BCUT2D eigenvalue weighted by Crippen LogP contribution is -2.14. The summed E-state index contributed by atoms with van der Waals surface area (Å²) in [5.41, 5.74) is 1.87. The number of furan rings is 1. The molecular formula is C19H14Cl2N4O3. The van der Waals surface area contributed by atoms with Gasteiger partial charge in [-0.1, -0.05) is 34.4 Å². The molecular weight excluding hydrogens is 403 g/mol. The fourth-order valence-electron chi connectivity index (χ4n) is 2.69. The number of hydrogen-bond acceptors (Lipinski definition) is 5. The van der Waals surface area contributed by atoms with Crippen LogP contribution in [0.4, 0.5) is 5.82 Å². The Hall–Kier alpha value is -3.03. The summed E-state index contributed by atoms with van der Waals surface area (Å²) in [6.07, 6.45) is 2.07. The van der Waals surface area contributed by atoms with Crippen molar-refractivity contribution in [2.24, 2.45) is 7.05 Å². The minimum atomic E-state index is -0.411. The second-order valence-corrected chi connectivity index (χ2v) is 6.89. The maximum absolute atomic E-state index is 12.5. The Kier molecular flexibility index (Phi) is 4.93. The van der Waals surface area contributed by atoms with E-state index in [4.69, 9.17) is 32.1 Å². The van der Waals surface area contributed by atoms with Gasteiger partial charge in [0.15, 0.2) is 11.5 Å². The summed E-state index contributed by atoms with van der Waals surface area (Å²) in [7, 11) is 1.74. The van der Waals surface area contributed by atoms with E-state index in [2.05, 4.69) is 15.6 Å². The number of anilines is 1. The molecule has 4 aromatic rings. The summed E-state index contributed by atoms with van der Waals surface area (Å²) >= 11 is 12.0. The van der Waals surface area contributed by atoms with E-state index in [1.54, 1.807) is 42.1 Å². The second kappa shape index (κ2) is 7.53. The molecule has 0 aliphatic rings. The van der Waals surface area contributed by atoms with Crippen LogP contribution in [0.15, 0.2) is 57.7 Å². The number of halogens is 2. The third-order valence-electron chi connectivity index (χ3n) is 4.05. The van der Waals surface area contributed by atoms with E-state index in [0.29, 0.717) is 33.8 Å². The van der Waals surface area contributed by atoms with Crippen LogP contribution in [0.25, 0.3) is 11.5 Å². The lowest BCUT2D eigenvalue weighted by atomic mass is 10.1. The summed E-state index contributed by atoms with van der Waals surface area (Å²) in [5.74, 6) is 0.990. The van der Waals surface area contributed by atoms with E-state index < -0.39 is 5.91 Å². The molecule has 1 aromatic carbocycles. The molecule has 0 aliphatic carbocycles. The van der Waals surface area contributed by atoms with Gasteiger partial charge in [0.2, 0.25) is 5.76 Å². The van der Waals surface area contributed by atoms with Crippen molar-refractivity contribution in [1.29, 1.82) is 0 Å². The zero-order valence-electron chi connectivity index (χ0n) is 14.6. The number of nitrogens with zero attached hydrogens (tertiary/aromatic N) is 3. The average Bonchev–Trinajstić information content (AvgIpc) is 3.40. The van der Waals surface area contributed by atoms with Crippen molar-refractivity contribution in [2.45, 2.75) is 6.42 Å². The van der Waals surface area contributed by atoms with Crippen LogP contribution in [-0.2, 0) is 13.5 Å². The molecule has 3 heterocycles. The van der Waals surface area contributed by atoms with Crippen molar-refractivity contribution >= 4 is 34.9 Å². The number of amides is 1. The Labute approximate surface area is 169 Å². The molecule has 1 N–H and O–H groups in total. The van der Waals surface area contributed by atoms with E-state index in [-0.39, 0.29) is 5.69 Å². The van der Waals surface area contributed by atoms with E-state index in [9.17, 15) is 4.79 Å². The highest BCUT2D eigenvalue weighted by atomic mass is 35.5. The van der Waals surface area contributed by atoms with E-state index in [0.717, 1.165) is 11.3 Å². The van der Waals surface area contributed by atoms with Crippen molar-refractivity contribution in [3.63, 3.8) is 0 Å². The van der Waals surface area contributed by atoms with Crippen molar-refractivity contribution in [3.8, 4) is 11.5 Å². The molecule has 1 amide bonds. The van der Waals surface area contributed by atoms with Crippen LogP contribution in [-0.4, -0.2) is 20.8 Å². The summed E-state index contributed by atoms with van der Waals surface area (Å²) < 4.78 is 12.0. The van der Waals surface area contributed by atoms with Gasteiger partial charge in [-0.25, -0.2) is 0 Å². The molecule has 0 atom stereocenters. The number of hydrogen-bond donors (Lipinski definition) is 1. The highest BCUT2D eigenvalue weighted by molar-refractivity contribution is 6.42. The minimum Gasteiger partial charge on any atom is -0.461 e. The molecule has 0 bridgehead atoms. The van der Waals surface area contributed by atoms with Gasteiger partial charge in [0.25, 0.3) is 5.91 Å². The molecule has 7 nitrogen and oxygen atoms in total. The molecule has 0 radical (unpaired) electrons. The molecule has 4 rings (SSSR count). The molecule has 0 saturated carbocycles. The first kappa shape index (κ1) is 18.3. The zero-order valence-corrected chi connectivity index (χ0v) is 16.2. The Balaban J connectivity index is 1.48. The van der Waals surface area contributed by atoms with Gasteiger partial charge in [0.05, 0.1) is 22.0 Å².